The van der Waals surface area contributed by atoms with E-state index in [0.717, 1.165) is 18.8 Å². The molecule has 2 nitrogen and oxygen atoms in total. The van der Waals surface area contributed by atoms with E-state index in [1.807, 2.05) is 0 Å². The van der Waals surface area contributed by atoms with Gasteiger partial charge in [0, 0.05) is 16.7 Å². The fraction of sp³-hybridized carbons (Fsp3) is 0.960. The van der Waals surface area contributed by atoms with E-state index < -0.39 is 8.32 Å². The first-order chi connectivity index (χ1) is 12.6. The van der Waals surface area contributed by atoms with Crippen molar-refractivity contribution in [3.05, 3.63) is 0 Å². The molecule has 7 atom stereocenters. The van der Waals surface area contributed by atoms with Gasteiger partial charge in [-0.05, 0) is 80.3 Å². The maximum atomic E-state index is 13.2. The Morgan fingerprint density at radius 3 is 2.21 bits per heavy atom. The predicted octanol–water partition coefficient (Wildman–Crippen LogP) is 6.99. The molecule has 0 aromatic rings. The van der Waals surface area contributed by atoms with E-state index in [9.17, 15) is 4.79 Å². The second kappa shape index (κ2) is 5.75. The van der Waals surface area contributed by atoms with Crippen LogP contribution in [0.3, 0.4) is 0 Å². The second-order valence-electron chi connectivity index (χ2n) is 13.4. The summed E-state index contributed by atoms with van der Waals surface area (Å²) in [5, 5.41) is 0.267. The lowest BCUT2D eigenvalue weighted by Crippen LogP contribution is -2.60. The van der Waals surface area contributed by atoms with Crippen molar-refractivity contribution in [3.8, 4) is 0 Å². The van der Waals surface area contributed by atoms with Crippen LogP contribution in [0.25, 0.3) is 0 Å². The van der Waals surface area contributed by atoms with Crippen LogP contribution in [-0.2, 0) is 9.22 Å². The molecule has 0 amide bonds. The molecule has 0 radical (unpaired) electrons. The highest BCUT2D eigenvalue weighted by Gasteiger charge is 2.77. The highest BCUT2D eigenvalue weighted by Crippen LogP contribution is 2.78. The molecular weight excluding hydrogens is 360 g/mol. The summed E-state index contributed by atoms with van der Waals surface area (Å²) in [6, 6.07) is 0. The smallest absolute Gasteiger partial charge is 0.192 e. The number of carbonyl (C=O) groups is 1. The van der Waals surface area contributed by atoms with Crippen molar-refractivity contribution in [2.45, 2.75) is 117 Å². The molecular formula is C25H44O2Si. The average molecular weight is 405 g/mol. The predicted molar refractivity (Wildman–Crippen MR) is 119 cm³/mol. The van der Waals surface area contributed by atoms with Gasteiger partial charge in [0.15, 0.2) is 8.32 Å². The molecule has 0 N–H and O–H groups in total. The van der Waals surface area contributed by atoms with Crippen molar-refractivity contribution in [2.75, 3.05) is 0 Å². The molecule has 0 saturated heterocycles. The van der Waals surface area contributed by atoms with E-state index in [4.69, 9.17) is 4.43 Å². The summed E-state index contributed by atoms with van der Waals surface area (Å²) in [4.78, 5) is 13.2. The van der Waals surface area contributed by atoms with Gasteiger partial charge >= 0.3 is 0 Å². The molecule has 1 unspecified atom stereocenters. The van der Waals surface area contributed by atoms with Crippen molar-refractivity contribution in [3.63, 3.8) is 0 Å². The van der Waals surface area contributed by atoms with Crippen LogP contribution < -0.4 is 0 Å². The van der Waals surface area contributed by atoms with Crippen molar-refractivity contribution in [2.24, 2.45) is 34.0 Å². The van der Waals surface area contributed by atoms with Gasteiger partial charge in [-0.3, -0.25) is 4.79 Å². The van der Waals surface area contributed by atoms with Gasteiger partial charge < -0.3 is 4.43 Å². The molecule has 0 spiro atoms. The van der Waals surface area contributed by atoms with Gasteiger partial charge in [-0.2, -0.15) is 0 Å². The maximum absolute atomic E-state index is 13.2. The van der Waals surface area contributed by atoms with Crippen molar-refractivity contribution >= 4 is 14.1 Å². The van der Waals surface area contributed by atoms with Gasteiger partial charge in [-0.15, -0.1) is 0 Å². The van der Waals surface area contributed by atoms with Crippen molar-refractivity contribution in [1.29, 1.82) is 0 Å². The lowest BCUT2D eigenvalue weighted by Gasteiger charge is -2.62. The third kappa shape index (κ3) is 2.50. The Labute approximate surface area is 174 Å². The van der Waals surface area contributed by atoms with Gasteiger partial charge in [0.05, 0.1) is 5.60 Å². The van der Waals surface area contributed by atoms with Crippen LogP contribution in [0, 0.1) is 34.0 Å². The number of rotatable bonds is 2. The Morgan fingerprint density at radius 1 is 0.964 bits per heavy atom. The molecule has 0 bridgehead atoms. The van der Waals surface area contributed by atoms with Crippen LogP contribution in [0.2, 0.25) is 18.1 Å². The molecule has 4 aliphatic carbocycles. The summed E-state index contributed by atoms with van der Waals surface area (Å²) < 4.78 is 7.17. The molecule has 4 aliphatic rings. The number of fused-ring (bicyclic) bond motifs is 5. The van der Waals surface area contributed by atoms with E-state index >= 15 is 0 Å². The topological polar surface area (TPSA) is 26.3 Å². The lowest BCUT2D eigenvalue weighted by atomic mass is 9.42. The number of Topliss-reactive ketones (excluding diaryl/α,β-unsaturated/α-hetero) is 1. The Hall–Kier alpha value is -0.153. The quantitative estimate of drug-likeness (QED) is 0.464. The summed E-state index contributed by atoms with van der Waals surface area (Å²) in [6.07, 6.45) is 8.39. The minimum absolute atomic E-state index is 0.0749. The SMILES string of the molecule is CC1CC[C@H]2[C@]3(C)CC[C@]4(O[Si](C)(C)C(C)(C)C)C[C@]4(C)[C@H]3CC[C@]2(C)C1=O. The lowest BCUT2D eigenvalue weighted by molar-refractivity contribution is -0.169. The monoisotopic (exact) mass is 404 g/mol. The third-order valence-corrected chi connectivity index (χ3v) is 15.4. The highest BCUT2D eigenvalue weighted by atomic mass is 28.4. The van der Waals surface area contributed by atoms with E-state index in [2.05, 4.69) is 61.6 Å². The van der Waals surface area contributed by atoms with Gasteiger partial charge in [0.1, 0.15) is 5.78 Å². The zero-order valence-electron chi connectivity index (χ0n) is 20.0. The maximum Gasteiger partial charge on any atom is 0.192 e. The summed E-state index contributed by atoms with van der Waals surface area (Å²) >= 11 is 0. The summed E-state index contributed by atoms with van der Waals surface area (Å²) in [5.74, 6) is 2.13. The Morgan fingerprint density at radius 2 is 1.61 bits per heavy atom. The number of hydrogen-bond acceptors (Lipinski definition) is 2. The first-order valence-electron chi connectivity index (χ1n) is 11.9. The minimum Gasteiger partial charge on any atom is -0.411 e. The summed E-state index contributed by atoms with van der Waals surface area (Å²) in [7, 11) is -1.77. The summed E-state index contributed by atoms with van der Waals surface area (Å²) in [6.45, 7) is 21.5. The second-order valence-corrected chi connectivity index (χ2v) is 18.1. The average Bonchev–Trinajstić information content (AvgIpc) is 3.15. The third-order valence-electron chi connectivity index (χ3n) is 10.9. The number of hydrogen-bond donors (Lipinski definition) is 0. The molecule has 4 rings (SSSR count). The Bertz CT molecular complexity index is 693. The molecule has 3 heteroatoms. The van der Waals surface area contributed by atoms with Crippen LogP contribution in [0.15, 0.2) is 0 Å². The zero-order valence-corrected chi connectivity index (χ0v) is 21.0. The molecule has 0 heterocycles. The van der Waals surface area contributed by atoms with Crippen LogP contribution in [-0.4, -0.2) is 19.7 Å². The van der Waals surface area contributed by atoms with Gasteiger partial charge in [-0.1, -0.05) is 48.5 Å². The van der Waals surface area contributed by atoms with Gasteiger partial charge in [0.25, 0.3) is 0 Å². The zero-order chi connectivity index (χ0) is 21.0. The fourth-order valence-electron chi connectivity index (χ4n) is 8.05. The van der Waals surface area contributed by atoms with Crippen LogP contribution in [0.5, 0.6) is 0 Å². The normalized spacial score (nSPS) is 51.2. The van der Waals surface area contributed by atoms with E-state index in [1.165, 1.54) is 32.1 Å². The van der Waals surface area contributed by atoms with Crippen LogP contribution in [0.1, 0.15) is 93.4 Å². The minimum atomic E-state index is -1.77. The summed E-state index contributed by atoms with van der Waals surface area (Å²) in [5.41, 5.74) is 0.686. The molecule has 160 valence electrons. The van der Waals surface area contributed by atoms with E-state index in [1.54, 1.807) is 0 Å². The first-order valence-corrected chi connectivity index (χ1v) is 14.8. The van der Waals surface area contributed by atoms with Crippen molar-refractivity contribution < 1.29 is 9.22 Å². The first kappa shape index (κ1) is 21.1. The Kier molecular flexibility index (Phi) is 4.33. The number of ketones is 1. The van der Waals surface area contributed by atoms with E-state index in [-0.39, 0.29) is 22.0 Å². The molecule has 28 heavy (non-hydrogen) atoms. The fourth-order valence-corrected chi connectivity index (χ4v) is 9.74. The highest BCUT2D eigenvalue weighted by molar-refractivity contribution is 6.74. The van der Waals surface area contributed by atoms with E-state index in [0.29, 0.717) is 22.5 Å². The van der Waals surface area contributed by atoms with Crippen LogP contribution in [0.4, 0.5) is 0 Å². The molecule has 0 aromatic heterocycles. The molecule has 4 saturated carbocycles. The van der Waals surface area contributed by atoms with Crippen molar-refractivity contribution in [1.82, 2.24) is 0 Å². The van der Waals surface area contributed by atoms with Gasteiger partial charge in [-0.25, -0.2) is 0 Å². The standard InChI is InChI=1S/C25H44O2Si/c1-17-10-11-18-22(5)14-15-25(27-28(8,9)21(2,3)4)16-24(25,7)19(22)12-13-23(18,6)20(17)26/h17-19H,10-16H2,1-9H3/t17?,18-,19-,22-,23-,24+,25-/m0/s1. The largest absolute Gasteiger partial charge is 0.411 e. The Balaban J connectivity index is 1.64. The molecule has 0 aromatic carbocycles. The van der Waals surface area contributed by atoms with Gasteiger partial charge in [0.2, 0.25) is 0 Å². The molecule has 0 aliphatic heterocycles. The van der Waals surface area contributed by atoms with Crippen LogP contribution >= 0.6 is 0 Å². The number of carbonyl (C=O) groups excluding carboxylic acids is 1. The molecule has 4 fully saturated rings.